The number of allylic oxidation sites excluding steroid dienone is 2. The first-order chi connectivity index (χ1) is 16.7. The van der Waals surface area contributed by atoms with E-state index in [9.17, 15) is 114 Å². The quantitative estimate of drug-likeness (QED) is 0.162. The van der Waals surface area contributed by atoms with Gasteiger partial charge in [0.15, 0.2) is 0 Å². The molecule has 0 aromatic carbocycles. The van der Waals surface area contributed by atoms with E-state index in [1.54, 1.807) is 0 Å². The minimum absolute atomic E-state index is 3.05. The van der Waals surface area contributed by atoms with Crippen LogP contribution in [0.2, 0.25) is 0 Å². The summed E-state index contributed by atoms with van der Waals surface area (Å²) in [7, 11) is 0. The summed E-state index contributed by atoms with van der Waals surface area (Å²) in [6.45, 7) is 0. The van der Waals surface area contributed by atoms with Gasteiger partial charge in [-0.05, 0) is 12.2 Å². The molecule has 0 aliphatic heterocycles. The molecule has 0 spiro atoms. The summed E-state index contributed by atoms with van der Waals surface area (Å²) in [5, 5.41) is 0. The Morgan fingerprint density at radius 3 is 0.500 bits per heavy atom. The average Bonchev–Trinajstić information content (AvgIpc) is 2.69. The normalized spacial score (nSPS) is 17.1. The third kappa shape index (κ3) is 4.86. The van der Waals surface area contributed by atoms with Crippen LogP contribution in [0.3, 0.4) is 0 Å². The van der Waals surface area contributed by atoms with Crippen molar-refractivity contribution in [3.05, 3.63) is 12.2 Å². The third-order valence-corrected chi connectivity index (χ3v) is 4.42. The van der Waals surface area contributed by atoms with Crippen molar-refractivity contribution in [2.75, 3.05) is 0 Å². The van der Waals surface area contributed by atoms with Crippen molar-refractivity contribution in [2.24, 2.45) is 0 Å². The van der Waals surface area contributed by atoms with E-state index in [2.05, 4.69) is 0 Å². The summed E-state index contributed by atoms with van der Waals surface area (Å²) in [6, 6.07) is 0. The molecular formula is C14H2F26. The average molecular weight is 664 g/mol. The second-order valence-corrected chi connectivity index (χ2v) is 7.17. The molecule has 0 saturated heterocycles. The van der Waals surface area contributed by atoms with Crippen LogP contribution in [-0.2, 0) is 0 Å². The minimum atomic E-state index is -8.74. The highest BCUT2D eigenvalue weighted by molar-refractivity contribution is 5.20. The highest BCUT2D eigenvalue weighted by Crippen LogP contribution is 2.62. The van der Waals surface area contributed by atoms with Gasteiger partial charge in [0.05, 0.1) is 0 Å². The lowest BCUT2D eigenvalue weighted by Gasteiger charge is -2.40. The maximum atomic E-state index is 13.3. The summed E-state index contributed by atoms with van der Waals surface area (Å²) in [5.41, 5.74) is 0. The zero-order chi connectivity index (χ0) is 33.4. The fourth-order valence-electron chi connectivity index (χ4n) is 1.98. The van der Waals surface area contributed by atoms with Gasteiger partial charge >= 0.3 is 71.6 Å². The first-order valence-electron chi connectivity index (χ1n) is 8.32. The summed E-state index contributed by atoms with van der Waals surface area (Å²) < 4.78 is 333. The zero-order valence-electron chi connectivity index (χ0n) is 17.0. The van der Waals surface area contributed by atoms with Gasteiger partial charge in [-0.2, -0.15) is 114 Å². The highest BCUT2D eigenvalue weighted by atomic mass is 19.4. The molecule has 0 atom stereocenters. The van der Waals surface area contributed by atoms with Gasteiger partial charge in [-0.1, -0.05) is 0 Å². The second kappa shape index (κ2) is 9.21. The summed E-state index contributed by atoms with van der Waals surface area (Å²) in [4.78, 5) is 0. The van der Waals surface area contributed by atoms with Crippen molar-refractivity contribution in [1.82, 2.24) is 0 Å². The summed E-state index contributed by atoms with van der Waals surface area (Å²) in [6.07, 6.45) is -22.0. The topological polar surface area (TPSA) is 0 Å². The van der Waals surface area contributed by atoms with Crippen LogP contribution in [0.15, 0.2) is 12.2 Å². The molecule has 240 valence electrons. The number of hydrogen-bond donors (Lipinski definition) is 0. The van der Waals surface area contributed by atoms with Crippen molar-refractivity contribution in [3.63, 3.8) is 0 Å². The van der Waals surface area contributed by atoms with Crippen LogP contribution < -0.4 is 0 Å². The van der Waals surface area contributed by atoms with Crippen molar-refractivity contribution in [2.45, 2.75) is 71.6 Å². The molecule has 0 radical (unpaired) electrons. The molecule has 0 aliphatic carbocycles. The molecule has 0 aromatic heterocycles. The molecule has 0 bridgehead atoms. The molecule has 0 nitrogen and oxygen atoms in total. The van der Waals surface area contributed by atoms with Gasteiger partial charge in [0.1, 0.15) is 0 Å². The fraction of sp³-hybridized carbons (Fsp3) is 0.857. The molecule has 0 heterocycles. The van der Waals surface area contributed by atoms with Crippen LogP contribution in [0.4, 0.5) is 114 Å². The van der Waals surface area contributed by atoms with E-state index >= 15 is 0 Å². The lowest BCUT2D eigenvalue weighted by atomic mass is 9.91. The van der Waals surface area contributed by atoms with E-state index in [4.69, 9.17) is 0 Å². The van der Waals surface area contributed by atoms with Crippen LogP contribution >= 0.6 is 0 Å². The maximum absolute atomic E-state index is 13.3. The van der Waals surface area contributed by atoms with Gasteiger partial charge in [-0.25, -0.2) is 0 Å². The minimum Gasteiger partial charge on any atom is -0.195 e. The summed E-state index contributed by atoms with van der Waals surface area (Å²) in [5.74, 6) is -84.3. The molecule has 40 heavy (non-hydrogen) atoms. The largest absolute Gasteiger partial charge is 0.460 e. The monoisotopic (exact) mass is 664 g/mol. The second-order valence-electron chi connectivity index (χ2n) is 7.17. The van der Waals surface area contributed by atoms with E-state index in [-0.39, 0.29) is 0 Å². The van der Waals surface area contributed by atoms with E-state index in [0.717, 1.165) is 0 Å². The molecule has 0 fully saturated rings. The van der Waals surface area contributed by atoms with E-state index < -0.39 is 83.7 Å². The molecule has 0 unspecified atom stereocenters. The van der Waals surface area contributed by atoms with Gasteiger partial charge in [0, 0.05) is 0 Å². The zero-order valence-corrected chi connectivity index (χ0v) is 17.0. The van der Waals surface area contributed by atoms with Crippen molar-refractivity contribution in [3.8, 4) is 0 Å². The predicted octanol–water partition coefficient (Wildman–Crippen LogP) is 9.02. The van der Waals surface area contributed by atoms with Crippen LogP contribution in [-0.4, -0.2) is 71.6 Å². The molecule has 0 amide bonds. The molecule has 0 saturated carbocycles. The van der Waals surface area contributed by atoms with E-state index in [1.807, 2.05) is 0 Å². The Bertz CT molecular complexity index is 863. The van der Waals surface area contributed by atoms with Gasteiger partial charge < -0.3 is 0 Å². The van der Waals surface area contributed by atoms with E-state index in [0.29, 0.717) is 0 Å². The Labute approximate surface area is 199 Å². The van der Waals surface area contributed by atoms with E-state index in [1.165, 1.54) is 0 Å². The van der Waals surface area contributed by atoms with Crippen molar-refractivity contribution in [1.29, 1.82) is 0 Å². The fourth-order valence-corrected chi connectivity index (χ4v) is 1.98. The Morgan fingerprint density at radius 2 is 0.350 bits per heavy atom. The predicted molar refractivity (Wildman–Crippen MR) is 70.7 cm³/mol. The molecule has 0 aromatic rings. The highest BCUT2D eigenvalue weighted by Gasteiger charge is 2.92. The molecule has 0 aliphatic rings. The standard InChI is InChI=1S/C14H2F26/c15-3(16,5(19,20)7(23,24)9(27,28)11(31,32)13(35,36)37)1-2-4(17,18)6(21,22)8(25,26)10(29,30)12(33,34)14(38,39)40/h1-2H/b2-1-. The number of hydrogen-bond acceptors (Lipinski definition) is 0. The number of halogens is 26. The lowest BCUT2D eigenvalue weighted by Crippen LogP contribution is -2.70. The summed E-state index contributed by atoms with van der Waals surface area (Å²) >= 11 is 0. The molecule has 0 N–H and O–H groups in total. The van der Waals surface area contributed by atoms with Crippen molar-refractivity contribution >= 4 is 0 Å². The molecular weight excluding hydrogens is 662 g/mol. The van der Waals surface area contributed by atoms with Crippen LogP contribution in [0, 0.1) is 0 Å². The number of rotatable bonds is 10. The van der Waals surface area contributed by atoms with Gasteiger partial charge in [0.2, 0.25) is 0 Å². The van der Waals surface area contributed by atoms with Crippen LogP contribution in [0.1, 0.15) is 0 Å². The first kappa shape index (κ1) is 37.9. The molecule has 0 rings (SSSR count). The SMILES string of the molecule is FC(F)(F)C(F)(F)C(F)(F)C(F)(F)C(F)(F)C(F)(F)/C=C\C(F)(F)C(F)(F)C(F)(F)C(F)(F)C(F)(F)C(F)(F)F. The van der Waals surface area contributed by atoms with Gasteiger partial charge in [-0.3, -0.25) is 0 Å². The lowest BCUT2D eigenvalue weighted by molar-refractivity contribution is -0.437. The maximum Gasteiger partial charge on any atom is 0.460 e. The van der Waals surface area contributed by atoms with Crippen LogP contribution in [0.5, 0.6) is 0 Å². The Balaban J connectivity index is 6.87. The number of alkyl halides is 26. The van der Waals surface area contributed by atoms with Gasteiger partial charge in [-0.15, -0.1) is 0 Å². The smallest absolute Gasteiger partial charge is 0.195 e. The van der Waals surface area contributed by atoms with Crippen LogP contribution in [0.25, 0.3) is 0 Å². The van der Waals surface area contributed by atoms with Gasteiger partial charge in [0.25, 0.3) is 0 Å². The molecule has 26 heteroatoms. The Morgan fingerprint density at radius 1 is 0.200 bits per heavy atom. The van der Waals surface area contributed by atoms with Crippen molar-refractivity contribution < 1.29 is 114 Å². The third-order valence-electron chi connectivity index (χ3n) is 4.42. The first-order valence-corrected chi connectivity index (χ1v) is 8.32. The Kier molecular flexibility index (Phi) is 8.73. The Hall–Kier alpha value is -2.08.